The van der Waals surface area contributed by atoms with Crippen LogP contribution in [0, 0.1) is 13.8 Å². The third-order valence-corrected chi connectivity index (χ3v) is 3.49. The van der Waals surface area contributed by atoms with Crippen LogP contribution in [0.2, 0.25) is 0 Å². The van der Waals surface area contributed by atoms with Crippen molar-refractivity contribution >= 4 is 6.21 Å². The Balaban J connectivity index is 1.91. The number of hydrogen-bond donors (Lipinski definition) is 0. The van der Waals surface area contributed by atoms with Gasteiger partial charge in [0.15, 0.2) is 0 Å². The highest BCUT2D eigenvalue weighted by Gasteiger charge is 2.08. The average Bonchev–Trinajstić information content (AvgIpc) is 2.63. The van der Waals surface area contributed by atoms with E-state index in [-0.39, 0.29) is 6.79 Å². The summed E-state index contributed by atoms with van der Waals surface area (Å²) in [5.41, 5.74) is 2.67. The van der Waals surface area contributed by atoms with Gasteiger partial charge in [0.1, 0.15) is 31.0 Å². The normalized spacial score (nSPS) is 11.1. The van der Waals surface area contributed by atoms with E-state index in [0.717, 1.165) is 22.6 Å². The van der Waals surface area contributed by atoms with Gasteiger partial charge < -0.3 is 19.0 Å². The van der Waals surface area contributed by atoms with Crippen LogP contribution in [0.3, 0.4) is 0 Å². The Morgan fingerprint density at radius 3 is 2.42 bits per heavy atom. The molecule has 0 aliphatic heterocycles. The Kier molecular flexibility index (Phi) is 7.49. The molecule has 0 fully saturated rings. The monoisotopic (exact) mass is 356 g/mol. The predicted octanol–water partition coefficient (Wildman–Crippen LogP) is 4.05. The minimum atomic E-state index is 0.0909. The van der Waals surface area contributed by atoms with Crippen LogP contribution in [0.15, 0.2) is 47.8 Å². The molecule has 0 bridgehead atoms. The molecule has 0 atom stereocenters. The number of ether oxygens (including phenoxy) is 3. The summed E-state index contributed by atoms with van der Waals surface area (Å²) in [4.78, 5) is 8.81. The Morgan fingerprint density at radius 2 is 1.81 bits per heavy atom. The Bertz CT molecular complexity index is 732. The lowest BCUT2D eigenvalue weighted by molar-refractivity contribution is 0.118. The van der Waals surface area contributed by atoms with Crippen LogP contribution >= 0.6 is 0 Å². The highest BCUT2D eigenvalue weighted by Crippen LogP contribution is 2.28. The molecule has 138 valence electrons. The summed E-state index contributed by atoms with van der Waals surface area (Å²) in [6.45, 7) is 6.57. The summed E-state index contributed by atoms with van der Waals surface area (Å²) in [6.07, 6.45) is 7.05. The van der Waals surface area contributed by atoms with Crippen molar-refractivity contribution in [1.82, 2.24) is 4.98 Å². The molecule has 0 spiro atoms. The summed E-state index contributed by atoms with van der Waals surface area (Å²) in [6, 6.07) is 7.49. The maximum absolute atomic E-state index is 5.78. The number of aromatic nitrogens is 1. The van der Waals surface area contributed by atoms with Crippen molar-refractivity contribution in [3.05, 3.63) is 59.4 Å². The van der Waals surface area contributed by atoms with E-state index in [1.165, 1.54) is 13.3 Å². The lowest BCUT2D eigenvalue weighted by atomic mass is 10.1. The number of aryl methyl sites for hydroxylation is 2. The Morgan fingerprint density at radius 1 is 1.04 bits per heavy atom. The van der Waals surface area contributed by atoms with Gasteiger partial charge in [0.05, 0.1) is 18.1 Å². The highest BCUT2D eigenvalue weighted by molar-refractivity contribution is 5.76. The van der Waals surface area contributed by atoms with Crippen LogP contribution in [0.1, 0.15) is 23.7 Å². The van der Waals surface area contributed by atoms with E-state index in [1.54, 1.807) is 18.3 Å². The fourth-order valence-corrected chi connectivity index (χ4v) is 2.28. The zero-order valence-corrected chi connectivity index (χ0v) is 15.6. The van der Waals surface area contributed by atoms with Crippen molar-refractivity contribution in [2.75, 3.05) is 20.5 Å². The summed E-state index contributed by atoms with van der Waals surface area (Å²) >= 11 is 0. The van der Waals surface area contributed by atoms with Crippen LogP contribution in [0.5, 0.6) is 17.2 Å². The highest BCUT2D eigenvalue weighted by atomic mass is 16.7. The maximum Gasteiger partial charge on any atom is 0.230 e. The topological polar surface area (TPSA) is 62.2 Å². The number of allylic oxidation sites excluding steroid dienone is 1. The van der Waals surface area contributed by atoms with Gasteiger partial charge in [0.25, 0.3) is 0 Å². The zero-order valence-electron chi connectivity index (χ0n) is 15.6. The minimum absolute atomic E-state index is 0.0909. The van der Waals surface area contributed by atoms with Gasteiger partial charge in [-0.05, 0) is 56.2 Å². The lowest BCUT2D eigenvalue weighted by Gasteiger charge is -2.14. The molecule has 0 aliphatic carbocycles. The molecule has 0 radical (unpaired) electrons. The number of oxime groups is 1. The Labute approximate surface area is 154 Å². The second kappa shape index (κ2) is 10.1. The quantitative estimate of drug-likeness (QED) is 0.294. The van der Waals surface area contributed by atoms with E-state index in [9.17, 15) is 0 Å². The standard InChI is InChI=1S/C20H24N2O4/c1-5-6-9-24-19-10-15(2)20(16(3)11-19)26-14-25-18-8-7-17(21-13-18)12-22-23-4/h5-8,10-13H,9,14H2,1-4H3/b6-5+,22-12?. The van der Waals surface area contributed by atoms with Crippen molar-refractivity contribution in [1.29, 1.82) is 0 Å². The van der Waals surface area contributed by atoms with E-state index in [2.05, 4.69) is 15.0 Å². The number of pyridine rings is 1. The van der Waals surface area contributed by atoms with Crippen LogP contribution < -0.4 is 14.2 Å². The van der Waals surface area contributed by atoms with Gasteiger partial charge in [-0.2, -0.15) is 0 Å². The number of nitrogens with zero attached hydrogens (tertiary/aromatic N) is 2. The van der Waals surface area contributed by atoms with Gasteiger partial charge in [-0.25, -0.2) is 0 Å². The molecule has 0 amide bonds. The van der Waals surface area contributed by atoms with Crippen LogP contribution in [0.25, 0.3) is 0 Å². The van der Waals surface area contributed by atoms with Gasteiger partial charge in [0, 0.05) is 0 Å². The maximum atomic E-state index is 5.78. The summed E-state index contributed by atoms with van der Waals surface area (Å²) in [5, 5.41) is 3.66. The van der Waals surface area contributed by atoms with Crippen LogP contribution in [0.4, 0.5) is 0 Å². The van der Waals surface area contributed by atoms with E-state index in [4.69, 9.17) is 14.2 Å². The van der Waals surface area contributed by atoms with Gasteiger partial charge in [-0.3, -0.25) is 4.98 Å². The van der Waals surface area contributed by atoms with Crippen molar-refractivity contribution in [3.63, 3.8) is 0 Å². The third-order valence-electron chi connectivity index (χ3n) is 3.49. The molecular weight excluding hydrogens is 332 g/mol. The molecule has 6 nitrogen and oxygen atoms in total. The summed E-state index contributed by atoms with van der Waals surface area (Å²) in [5.74, 6) is 2.23. The van der Waals surface area contributed by atoms with E-state index in [0.29, 0.717) is 18.1 Å². The third kappa shape index (κ3) is 5.81. The molecule has 0 N–H and O–H groups in total. The minimum Gasteiger partial charge on any atom is -0.490 e. The first-order valence-electron chi connectivity index (χ1n) is 8.27. The second-order valence-electron chi connectivity index (χ2n) is 5.51. The van der Waals surface area contributed by atoms with E-state index >= 15 is 0 Å². The van der Waals surface area contributed by atoms with E-state index in [1.807, 2.05) is 45.1 Å². The molecule has 2 aromatic rings. The fraction of sp³-hybridized carbons (Fsp3) is 0.300. The molecule has 2 rings (SSSR count). The molecule has 1 aromatic heterocycles. The molecule has 1 heterocycles. The SMILES string of the molecule is C/C=C/COc1cc(C)c(OCOc2ccc(C=NOC)nc2)c(C)c1. The van der Waals surface area contributed by atoms with Gasteiger partial charge in [0.2, 0.25) is 6.79 Å². The molecule has 0 aliphatic rings. The average molecular weight is 356 g/mol. The van der Waals surface area contributed by atoms with Crippen molar-refractivity contribution < 1.29 is 19.0 Å². The largest absolute Gasteiger partial charge is 0.490 e. The molecule has 0 saturated carbocycles. The first kappa shape index (κ1) is 19.3. The van der Waals surface area contributed by atoms with Crippen LogP contribution in [-0.4, -0.2) is 31.7 Å². The smallest absolute Gasteiger partial charge is 0.230 e. The van der Waals surface area contributed by atoms with Gasteiger partial charge in [-0.15, -0.1) is 0 Å². The summed E-state index contributed by atoms with van der Waals surface area (Å²) < 4.78 is 17.0. The number of benzene rings is 1. The predicted molar refractivity (Wildman–Crippen MR) is 101 cm³/mol. The zero-order chi connectivity index (χ0) is 18.8. The van der Waals surface area contributed by atoms with Crippen LogP contribution in [-0.2, 0) is 4.84 Å². The van der Waals surface area contributed by atoms with Crippen molar-refractivity contribution in [3.8, 4) is 17.2 Å². The Hall–Kier alpha value is -3.02. The molecule has 6 heteroatoms. The van der Waals surface area contributed by atoms with Gasteiger partial charge in [-0.1, -0.05) is 17.3 Å². The fourth-order valence-electron chi connectivity index (χ4n) is 2.28. The summed E-state index contributed by atoms with van der Waals surface area (Å²) in [7, 11) is 1.48. The van der Waals surface area contributed by atoms with E-state index < -0.39 is 0 Å². The first-order chi connectivity index (χ1) is 12.6. The lowest BCUT2D eigenvalue weighted by Crippen LogP contribution is -2.08. The molecule has 26 heavy (non-hydrogen) atoms. The second-order valence-corrected chi connectivity index (χ2v) is 5.51. The number of rotatable bonds is 9. The first-order valence-corrected chi connectivity index (χ1v) is 8.27. The molecule has 0 unspecified atom stereocenters. The van der Waals surface area contributed by atoms with Crippen molar-refractivity contribution in [2.45, 2.75) is 20.8 Å². The number of hydrogen-bond acceptors (Lipinski definition) is 6. The molecular formula is C20H24N2O4. The van der Waals surface area contributed by atoms with Gasteiger partial charge >= 0.3 is 0 Å². The molecule has 1 aromatic carbocycles. The molecule has 0 saturated heterocycles. The van der Waals surface area contributed by atoms with Crippen molar-refractivity contribution in [2.24, 2.45) is 5.16 Å².